The predicted octanol–water partition coefficient (Wildman–Crippen LogP) is 2.96. The van der Waals surface area contributed by atoms with Crippen molar-refractivity contribution < 1.29 is 4.79 Å². The summed E-state index contributed by atoms with van der Waals surface area (Å²) in [6.07, 6.45) is 4.11. The molecule has 1 aromatic heterocycles. The van der Waals surface area contributed by atoms with Crippen molar-refractivity contribution in [2.24, 2.45) is 0 Å². The quantitative estimate of drug-likeness (QED) is 0.863. The van der Waals surface area contributed by atoms with E-state index in [1.54, 1.807) is 6.33 Å². The Labute approximate surface area is 128 Å². The number of benzene rings is 1. The summed E-state index contributed by atoms with van der Waals surface area (Å²) in [7, 11) is 0. The summed E-state index contributed by atoms with van der Waals surface area (Å²) in [6.45, 7) is 4.04. The summed E-state index contributed by atoms with van der Waals surface area (Å²) in [5.41, 5.74) is 3.14. The molecule has 110 valence electrons. The molecule has 0 bridgehead atoms. The first-order valence-corrected chi connectivity index (χ1v) is 8.01. The van der Waals surface area contributed by atoms with Gasteiger partial charge in [-0.3, -0.25) is 4.79 Å². The highest BCUT2D eigenvalue weighted by atomic mass is 32.2. The predicted molar refractivity (Wildman–Crippen MR) is 83.6 cm³/mol. The fourth-order valence-electron chi connectivity index (χ4n) is 2.21. The van der Waals surface area contributed by atoms with Crippen LogP contribution < -0.4 is 5.32 Å². The molecule has 1 fully saturated rings. The molecule has 0 saturated heterocycles. The molecule has 1 saturated carbocycles. The first-order chi connectivity index (χ1) is 10.1. The zero-order chi connectivity index (χ0) is 14.8. The second-order valence-electron chi connectivity index (χ2n) is 5.41. The Hall–Kier alpha value is -1.82. The third-order valence-electron chi connectivity index (χ3n) is 3.47. The molecule has 0 unspecified atom stereocenters. The van der Waals surface area contributed by atoms with Crippen LogP contribution in [-0.2, 0) is 4.79 Å². The Balaban J connectivity index is 1.57. The van der Waals surface area contributed by atoms with E-state index in [9.17, 15) is 4.79 Å². The number of thioether (sulfide) groups is 1. The minimum atomic E-state index is -0.0164. The normalized spacial score (nSPS) is 14.2. The Morgan fingerprint density at radius 1 is 1.43 bits per heavy atom. The standard InChI is InChI=1S/C15H18N4OS/c1-10-3-6-13(11(2)7-10)17-14(20)8-21-15-18-16-9-19(15)12-4-5-12/h3,6-7,9,12H,4-5,8H2,1-2H3,(H,17,20). The number of nitrogens with one attached hydrogen (secondary N) is 1. The number of hydrogen-bond donors (Lipinski definition) is 1. The second kappa shape index (κ2) is 5.89. The van der Waals surface area contributed by atoms with Crippen molar-refractivity contribution in [2.45, 2.75) is 37.9 Å². The number of nitrogens with zero attached hydrogens (tertiary/aromatic N) is 3. The first kappa shape index (κ1) is 14.1. The van der Waals surface area contributed by atoms with Crippen LogP contribution in [0.1, 0.15) is 30.0 Å². The van der Waals surface area contributed by atoms with Crippen molar-refractivity contribution in [3.05, 3.63) is 35.7 Å². The molecule has 21 heavy (non-hydrogen) atoms. The molecular formula is C15H18N4OS. The van der Waals surface area contributed by atoms with Crippen LogP contribution in [0, 0.1) is 13.8 Å². The van der Waals surface area contributed by atoms with Gasteiger partial charge in [0.05, 0.1) is 5.75 Å². The minimum Gasteiger partial charge on any atom is -0.325 e. The van der Waals surface area contributed by atoms with Crippen molar-refractivity contribution >= 4 is 23.4 Å². The highest BCUT2D eigenvalue weighted by Crippen LogP contribution is 2.37. The summed E-state index contributed by atoms with van der Waals surface area (Å²) >= 11 is 1.44. The van der Waals surface area contributed by atoms with Gasteiger partial charge in [-0.25, -0.2) is 0 Å². The number of carbonyl (C=O) groups is 1. The van der Waals surface area contributed by atoms with Gasteiger partial charge >= 0.3 is 0 Å². The molecule has 2 aromatic rings. The fraction of sp³-hybridized carbons (Fsp3) is 0.400. The Morgan fingerprint density at radius 3 is 2.95 bits per heavy atom. The monoisotopic (exact) mass is 302 g/mol. The maximum Gasteiger partial charge on any atom is 0.234 e. The van der Waals surface area contributed by atoms with Crippen molar-refractivity contribution in [2.75, 3.05) is 11.1 Å². The lowest BCUT2D eigenvalue weighted by molar-refractivity contribution is -0.113. The fourth-order valence-corrected chi connectivity index (χ4v) is 2.99. The highest BCUT2D eigenvalue weighted by molar-refractivity contribution is 7.99. The lowest BCUT2D eigenvalue weighted by Gasteiger charge is -2.09. The van der Waals surface area contributed by atoms with Crippen LogP contribution in [0.4, 0.5) is 5.69 Å². The van der Waals surface area contributed by atoms with Gasteiger partial charge in [-0.1, -0.05) is 29.5 Å². The highest BCUT2D eigenvalue weighted by Gasteiger charge is 2.26. The van der Waals surface area contributed by atoms with E-state index in [-0.39, 0.29) is 5.91 Å². The van der Waals surface area contributed by atoms with Crippen molar-refractivity contribution in [1.82, 2.24) is 14.8 Å². The zero-order valence-corrected chi connectivity index (χ0v) is 13.0. The van der Waals surface area contributed by atoms with Gasteiger partial charge < -0.3 is 9.88 Å². The molecular weight excluding hydrogens is 284 g/mol. The Morgan fingerprint density at radius 2 is 2.24 bits per heavy atom. The van der Waals surface area contributed by atoms with Gasteiger partial charge in [-0.05, 0) is 38.3 Å². The van der Waals surface area contributed by atoms with Crippen LogP contribution in [0.5, 0.6) is 0 Å². The third kappa shape index (κ3) is 3.44. The van der Waals surface area contributed by atoms with Crippen molar-refractivity contribution in [1.29, 1.82) is 0 Å². The largest absolute Gasteiger partial charge is 0.325 e. The van der Waals surface area contributed by atoms with E-state index in [0.717, 1.165) is 16.4 Å². The van der Waals surface area contributed by atoms with Gasteiger partial charge in [-0.15, -0.1) is 10.2 Å². The smallest absolute Gasteiger partial charge is 0.234 e. The van der Waals surface area contributed by atoms with Crippen LogP contribution >= 0.6 is 11.8 Å². The summed E-state index contributed by atoms with van der Waals surface area (Å²) < 4.78 is 2.06. The molecule has 6 heteroatoms. The maximum atomic E-state index is 12.1. The van der Waals surface area contributed by atoms with E-state index in [2.05, 4.69) is 26.1 Å². The van der Waals surface area contributed by atoms with Gasteiger partial charge in [0.2, 0.25) is 5.91 Å². The molecule has 0 atom stereocenters. The number of anilines is 1. The first-order valence-electron chi connectivity index (χ1n) is 7.03. The molecule has 1 aliphatic carbocycles. The molecule has 1 amide bonds. The van der Waals surface area contributed by atoms with E-state index < -0.39 is 0 Å². The van der Waals surface area contributed by atoms with E-state index in [4.69, 9.17) is 0 Å². The second-order valence-corrected chi connectivity index (χ2v) is 6.35. The molecule has 0 spiro atoms. The SMILES string of the molecule is Cc1ccc(NC(=O)CSc2nncn2C2CC2)c(C)c1. The average Bonchev–Trinajstić information content (AvgIpc) is 3.18. The van der Waals surface area contributed by atoms with E-state index >= 15 is 0 Å². The molecule has 1 aliphatic rings. The number of hydrogen-bond acceptors (Lipinski definition) is 4. The van der Waals surface area contributed by atoms with E-state index in [1.165, 1.54) is 30.2 Å². The van der Waals surface area contributed by atoms with Gasteiger partial charge in [0.1, 0.15) is 6.33 Å². The number of aryl methyl sites for hydroxylation is 2. The number of amides is 1. The topological polar surface area (TPSA) is 59.8 Å². The Kier molecular flexibility index (Phi) is 3.96. The van der Waals surface area contributed by atoms with Crippen LogP contribution in [-0.4, -0.2) is 26.4 Å². The van der Waals surface area contributed by atoms with Gasteiger partial charge in [0.15, 0.2) is 5.16 Å². The van der Waals surface area contributed by atoms with Crippen molar-refractivity contribution in [3.8, 4) is 0 Å². The lowest BCUT2D eigenvalue weighted by Crippen LogP contribution is -2.15. The third-order valence-corrected chi connectivity index (χ3v) is 4.43. The van der Waals surface area contributed by atoms with Gasteiger partial charge in [0.25, 0.3) is 0 Å². The van der Waals surface area contributed by atoms with Crippen LogP contribution in [0.2, 0.25) is 0 Å². The van der Waals surface area contributed by atoms with Crippen LogP contribution in [0.25, 0.3) is 0 Å². The van der Waals surface area contributed by atoms with Crippen molar-refractivity contribution in [3.63, 3.8) is 0 Å². The molecule has 3 rings (SSSR count). The van der Waals surface area contributed by atoms with Crippen LogP contribution in [0.3, 0.4) is 0 Å². The zero-order valence-electron chi connectivity index (χ0n) is 12.2. The van der Waals surface area contributed by atoms with Crippen LogP contribution in [0.15, 0.2) is 29.7 Å². The molecule has 1 N–H and O–H groups in total. The molecule has 5 nitrogen and oxygen atoms in total. The maximum absolute atomic E-state index is 12.1. The summed E-state index contributed by atoms with van der Waals surface area (Å²) in [4.78, 5) is 12.1. The number of carbonyl (C=O) groups excluding carboxylic acids is 1. The number of aromatic nitrogens is 3. The Bertz CT molecular complexity index is 663. The van der Waals surface area contributed by atoms with Gasteiger partial charge in [0, 0.05) is 11.7 Å². The molecule has 0 aliphatic heterocycles. The molecule has 1 aromatic carbocycles. The summed E-state index contributed by atoms with van der Waals surface area (Å²) in [5.74, 6) is 0.330. The minimum absolute atomic E-state index is 0.0164. The number of rotatable bonds is 5. The van der Waals surface area contributed by atoms with Gasteiger partial charge in [-0.2, -0.15) is 0 Å². The molecule has 0 radical (unpaired) electrons. The lowest BCUT2D eigenvalue weighted by atomic mass is 10.1. The average molecular weight is 302 g/mol. The summed E-state index contributed by atoms with van der Waals surface area (Å²) in [5, 5.41) is 11.8. The van der Waals surface area contributed by atoms with E-state index in [0.29, 0.717) is 11.8 Å². The summed E-state index contributed by atoms with van der Waals surface area (Å²) in [6, 6.07) is 6.54. The van der Waals surface area contributed by atoms with E-state index in [1.807, 2.05) is 26.0 Å². The molecule has 1 heterocycles.